The van der Waals surface area contributed by atoms with Gasteiger partial charge in [-0.3, -0.25) is 0 Å². The lowest BCUT2D eigenvalue weighted by Crippen LogP contribution is -2.33. The van der Waals surface area contributed by atoms with Crippen molar-refractivity contribution in [1.29, 1.82) is 0 Å². The molecule has 0 bridgehead atoms. The van der Waals surface area contributed by atoms with Crippen molar-refractivity contribution in [1.82, 2.24) is 4.72 Å². The molecule has 0 aromatic carbocycles. The summed E-state index contributed by atoms with van der Waals surface area (Å²) in [5.74, 6) is 0.655. The first-order valence-corrected chi connectivity index (χ1v) is 6.46. The third kappa shape index (κ3) is 4.06. The number of hydrogen-bond donors (Lipinski definition) is 2. The van der Waals surface area contributed by atoms with Gasteiger partial charge in [-0.2, -0.15) is 0 Å². The van der Waals surface area contributed by atoms with E-state index >= 15 is 0 Å². The number of hydrogen-bond acceptors (Lipinski definition) is 3. The molecule has 0 heterocycles. The summed E-state index contributed by atoms with van der Waals surface area (Å²) in [7, 11) is -3.06. The van der Waals surface area contributed by atoms with Gasteiger partial charge in [0.05, 0.1) is 5.75 Å². The molecule has 0 aromatic heterocycles. The lowest BCUT2D eigenvalue weighted by Gasteiger charge is -2.09. The van der Waals surface area contributed by atoms with E-state index in [-0.39, 0.29) is 5.75 Å². The first kappa shape index (κ1) is 10.9. The molecule has 0 spiro atoms. The largest absolute Gasteiger partial charge is 0.329 e. The minimum Gasteiger partial charge on any atom is -0.329 e. The van der Waals surface area contributed by atoms with E-state index in [1.807, 2.05) is 0 Å². The zero-order valence-electron chi connectivity index (χ0n) is 7.83. The lowest BCUT2D eigenvalue weighted by molar-refractivity contribution is 0.548. The topological polar surface area (TPSA) is 72.2 Å². The molecule has 0 amide bonds. The zero-order valence-corrected chi connectivity index (χ0v) is 8.65. The first-order chi connectivity index (χ1) is 6.14. The average molecular weight is 206 g/mol. The predicted molar refractivity (Wildman–Crippen MR) is 52.8 cm³/mol. The van der Waals surface area contributed by atoms with Gasteiger partial charge < -0.3 is 5.73 Å². The maximum absolute atomic E-state index is 11.4. The summed E-state index contributed by atoms with van der Waals surface area (Å²) < 4.78 is 25.2. The van der Waals surface area contributed by atoms with Crippen LogP contribution in [0.3, 0.4) is 0 Å². The fraction of sp³-hybridized carbons (Fsp3) is 1.00. The molecule has 1 aliphatic carbocycles. The second-order valence-corrected chi connectivity index (χ2v) is 5.47. The molecule has 0 radical (unpaired) electrons. The van der Waals surface area contributed by atoms with Crippen molar-refractivity contribution in [3.8, 4) is 0 Å². The van der Waals surface area contributed by atoms with Crippen LogP contribution in [-0.2, 0) is 10.0 Å². The lowest BCUT2D eigenvalue weighted by atomic mass is 10.1. The molecule has 1 fully saturated rings. The van der Waals surface area contributed by atoms with Gasteiger partial charge in [0.1, 0.15) is 0 Å². The van der Waals surface area contributed by atoms with Gasteiger partial charge >= 0.3 is 0 Å². The zero-order chi connectivity index (χ0) is 9.73. The van der Waals surface area contributed by atoms with Crippen molar-refractivity contribution in [2.75, 3.05) is 18.8 Å². The fourth-order valence-electron chi connectivity index (χ4n) is 1.76. The van der Waals surface area contributed by atoms with Crippen molar-refractivity contribution in [2.24, 2.45) is 11.7 Å². The highest BCUT2D eigenvalue weighted by molar-refractivity contribution is 7.89. The van der Waals surface area contributed by atoms with Crippen LogP contribution in [0.2, 0.25) is 0 Å². The first-order valence-electron chi connectivity index (χ1n) is 4.81. The Hall–Kier alpha value is -0.130. The molecule has 3 N–H and O–H groups in total. The normalized spacial score (nSPS) is 19.5. The molecule has 5 heteroatoms. The maximum atomic E-state index is 11.4. The number of nitrogens with one attached hydrogen (secondary N) is 1. The van der Waals surface area contributed by atoms with Gasteiger partial charge in [0.2, 0.25) is 10.0 Å². The van der Waals surface area contributed by atoms with E-state index in [0.29, 0.717) is 19.0 Å². The third-order valence-corrected chi connectivity index (χ3v) is 3.95. The van der Waals surface area contributed by atoms with E-state index in [1.165, 1.54) is 12.8 Å². The summed E-state index contributed by atoms with van der Waals surface area (Å²) in [6.45, 7) is 0.721. The SMILES string of the molecule is NCCNS(=O)(=O)CC1CCCC1. The van der Waals surface area contributed by atoms with Crippen LogP contribution in [0.25, 0.3) is 0 Å². The van der Waals surface area contributed by atoms with Gasteiger partial charge in [-0.05, 0) is 18.8 Å². The van der Waals surface area contributed by atoms with E-state index in [1.54, 1.807) is 0 Å². The predicted octanol–water partition coefficient (Wildman–Crippen LogP) is 0.0547. The van der Waals surface area contributed by atoms with Gasteiger partial charge in [-0.1, -0.05) is 12.8 Å². The minimum absolute atomic E-state index is 0.285. The molecular weight excluding hydrogens is 188 g/mol. The van der Waals surface area contributed by atoms with Crippen LogP contribution >= 0.6 is 0 Å². The number of rotatable bonds is 5. The summed E-state index contributed by atoms with van der Waals surface area (Å²) in [6.07, 6.45) is 4.47. The van der Waals surface area contributed by atoms with Crippen LogP contribution in [0, 0.1) is 5.92 Å². The molecule has 0 aromatic rings. The highest BCUT2D eigenvalue weighted by Gasteiger charge is 2.21. The number of nitrogens with two attached hydrogens (primary N) is 1. The van der Waals surface area contributed by atoms with Gasteiger partial charge in [0, 0.05) is 13.1 Å². The quantitative estimate of drug-likeness (QED) is 0.668. The van der Waals surface area contributed by atoms with Crippen LogP contribution in [0.1, 0.15) is 25.7 Å². The Balaban J connectivity index is 2.32. The molecule has 0 saturated heterocycles. The number of sulfonamides is 1. The van der Waals surface area contributed by atoms with Gasteiger partial charge in [0.15, 0.2) is 0 Å². The van der Waals surface area contributed by atoms with E-state index in [4.69, 9.17) is 5.73 Å². The highest BCUT2D eigenvalue weighted by Crippen LogP contribution is 2.25. The second kappa shape index (κ2) is 4.93. The van der Waals surface area contributed by atoms with Crippen molar-refractivity contribution >= 4 is 10.0 Å². The van der Waals surface area contributed by atoms with E-state index in [0.717, 1.165) is 12.8 Å². The molecule has 0 aliphatic heterocycles. The second-order valence-electron chi connectivity index (χ2n) is 3.61. The smallest absolute Gasteiger partial charge is 0.211 e. The monoisotopic (exact) mass is 206 g/mol. The van der Waals surface area contributed by atoms with Gasteiger partial charge in [-0.15, -0.1) is 0 Å². The third-order valence-electron chi connectivity index (χ3n) is 2.40. The summed E-state index contributed by atoms with van der Waals surface area (Å²) >= 11 is 0. The Morgan fingerprint density at radius 1 is 1.31 bits per heavy atom. The summed E-state index contributed by atoms with van der Waals surface area (Å²) in [4.78, 5) is 0. The Morgan fingerprint density at radius 2 is 1.92 bits per heavy atom. The van der Waals surface area contributed by atoms with Crippen LogP contribution in [0.15, 0.2) is 0 Å². The molecule has 1 aliphatic rings. The summed E-state index contributed by atoms with van der Waals surface area (Å²) in [6, 6.07) is 0. The van der Waals surface area contributed by atoms with Crippen molar-refractivity contribution in [3.63, 3.8) is 0 Å². The highest BCUT2D eigenvalue weighted by atomic mass is 32.2. The van der Waals surface area contributed by atoms with Crippen LogP contribution < -0.4 is 10.5 Å². The Kier molecular flexibility index (Phi) is 4.15. The molecular formula is C8H18N2O2S. The van der Waals surface area contributed by atoms with Crippen molar-refractivity contribution in [3.05, 3.63) is 0 Å². The van der Waals surface area contributed by atoms with Crippen molar-refractivity contribution < 1.29 is 8.42 Å². The van der Waals surface area contributed by atoms with Crippen LogP contribution in [-0.4, -0.2) is 27.3 Å². The molecule has 1 saturated carbocycles. The van der Waals surface area contributed by atoms with E-state index in [9.17, 15) is 8.42 Å². The molecule has 4 nitrogen and oxygen atoms in total. The summed E-state index contributed by atoms with van der Waals surface area (Å²) in [5.41, 5.74) is 5.22. The molecule has 1 rings (SSSR count). The van der Waals surface area contributed by atoms with Gasteiger partial charge in [-0.25, -0.2) is 13.1 Å². The fourth-order valence-corrected chi connectivity index (χ4v) is 3.26. The van der Waals surface area contributed by atoms with Gasteiger partial charge in [0.25, 0.3) is 0 Å². The van der Waals surface area contributed by atoms with Crippen molar-refractivity contribution in [2.45, 2.75) is 25.7 Å². The Morgan fingerprint density at radius 3 is 2.46 bits per heavy atom. The van der Waals surface area contributed by atoms with Crippen LogP contribution in [0.4, 0.5) is 0 Å². The standard InChI is InChI=1S/C8H18N2O2S/c9-5-6-10-13(11,12)7-8-3-1-2-4-8/h8,10H,1-7,9H2. The maximum Gasteiger partial charge on any atom is 0.211 e. The molecule has 0 atom stereocenters. The van der Waals surface area contributed by atoms with E-state index < -0.39 is 10.0 Å². The molecule has 13 heavy (non-hydrogen) atoms. The minimum atomic E-state index is -3.06. The van der Waals surface area contributed by atoms with E-state index in [2.05, 4.69) is 4.72 Å². The van der Waals surface area contributed by atoms with Crippen LogP contribution in [0.5, 0.6) is 0 Å². The molecule has 0 unspecified atom stereocenters. The average Bonchev–Trinajstić information content (AvgIpc) is 2.52. The summed E-state index contributed by atoms with van der Waals surface area (Å²) in [5, 5.41) is 0. The molecule has 78 valence electrons. The Bertz CT molecular complexity index is 233. The Labute approximate surface area is 79.9 Å².